The fourth-order valence-electron chi connectivity index (χ4n) is 18.0. The third-order valence-corrected chi connectivity index (χ3v) is 25.7. The molecule has 135 heavy (non-hydrogen) atoms. The van der Waals surface area contributed by atoms with Crippen molar-refractivity contribution in [3.05, 3.63) is 120 Å². The molecule has 2 heterocycles. The molecule has 36 heteroatoms. The van der Waals surface area contributed by atoms with Gasteiger partial charge in [0, 0.05) is 188 Å². The van der Waals surface area contributed by atoms with Gasteiger partial charge in [0.15, 0.2) is 17.3 Å². The number of anilines is 1. The van der Waals surface area contributed by atoms with Crippen LogP contribution in [0.3, 0.4) is 0 Å². The van der Waals surface area contributed by atoms with Gasteiger partial charge in [-0.15, -0.1) is 5.75 Å². The topological polar surface area (TPSA) is 540 Å². The van der Waals surface area contributed by atoms with Gasteiger partial charge in [-0.1, -0.05) is 106 Å². The molecule has 9 amide bonds. The van der Waals surface area contributed by atoms with Gasteiger partial charge < -0.3 is 96.4 Å². The van der Waals surface area contributed by atoms with Crippen LogP contribution in [-0.4, -0.2) is 210 Å². The molecular weight excluding hydrogens is 1830 g/mol. The van der Waals surface area contributed by atoms with Crippen molar-refractivity contribution in [1.82, 2.24) is 42.5 Å². The van der Waals surface area contributed by atoms with Crippen molar-refractivity contribution < 1.29 is 149 Å². The summed E-state index contributed by atoms with van der Waals surface area (Å²) in [4.78, 5) is 217. The number of rotatable bonds is 63. The number of primary amides is 1. The minimum Gasteiger partial charge on any atom is -0.790 e. The molecule has 1 saturated carbocycles. The Hall–Kier alpha value is -11.1. The molecule has 7 atom stereocenters. The fraction of sp³-hybridized carbons (Fsp3) is 0.556. The molecule has 16 N–H and O–H groups in total. The summed E-state index contributed by atoms with van der Waals surface area (Å²) in [5.41, 5.74) is 12.8. The molecular formula is C99H135N11O23SY. The Morgan fingerprint density at radius 2 is 0.970 bits per heavy atom. The molecule has 733 valence electrons. The number of likely N-dealkylation sites (N-methyl/N-ethyl adjacent to an activating group) is 1. The van der Waals surface area contributed by atoms with Gasteiger partial charge in [-0.25, -0.2) is 14.4 Å². The zero-order valence-electron chi connectivity index (χ0n) is 78.2. The number of carbonyl (C=O) groups is 17. The van der Waals surface area contributed by atoms with Crippen LogP contribution in [0.15, 0.2) is 109 Å². The first-order chi connectivity index (χ1) is 63.8. The molecule has 34 nitrogen and oxygen atoms in total. The average Bonchev–Trinajstić information content (AvgIpc) is 1.58. The van der Waals surface area contributed by atoms with Crippen LogP contribution < -0.4 is 53.2 Å². The van der Waals surface area contributed by atoms with Crippen LogP contribution in [0.25, 0.3) is 21.5 Å². The number of aliphatic carboxylic acids is 6. The van der Waals surface area contributed by atoms with E-state index in [0.717, 1.165) is 25.9 Å². The van der Waals surface area contributed by atoms with Gasteiger partial charge in [-0.2, -0.15) is 4.58 Å². The predicted molar refractivity (Wildman–Crippen MR) is 506 cm³/mol. The van der Waals surface area contributed by atoms with Crippen LogP contribution in [-0.2, 0) is 133 Å². The number of Topliss-reactive ketones (excluding diaryl/α,β-unsaturated/α-hetero) is 3. The smallest absolute Gasteiger partial charge is 0.326 e. The second-order valence-corrected chi connectivity index (χ2v) is 36.5. The third kappa shape index (κ3) is 36.2. The summed E-state index contributed by atoms with van der Waals surface area (Å²) in [6.45, 7) is 13.9. The van der Waals surface area contributed by atoms with Crippen LogP contribution in [0.4, 0.5) is 16.2 Å². The third-order valence-electron chi connectivity index (χ3n) is 25.4. The minimum atomic E-state index is -1.60. The van der Waals surface area contributed by atoms with E-state index in [1.54, 1.807) is 0 Å². The number of carboxylic acid groups (broad SMARTS) is 6. The molecule has 1 aliphatic carbocycles. The SMILES string of the molecule is CCN1/C(=C/C=C/C=C/C2=[N+](CCCCCC(=O)NCCCCC(NC(=O)CCCCCCC(=O)C(C[S-])NC(=O)C(CCC(=O)O)CC(=O)C(CCC(=O)O)CC(=O)C(CCC(=O)O)NC(=O)CCCCCNC(=O)C3CCC(CNC(=O)CCC(NC(=O)NC(CCC(=O)O)C(=O)O)C(=O)O)CC3)C(N)=O)c3ccc4ccccc4c3C2(C)C)C(C)(C)c2c1ccc1ccccc21.[Y]. The predicted octanol–water partition coefficient (Wildman–Crippen LogP) is 10.6. The Kier molecular flexibility index (Phi) is 47.6. The number of allylic oxidation sites excluding steroid dienone is 6. The number of fused-ring (bicyclic) bond motifs is 6. The number of amides is 9. The standard InChI is InChI=1S/C99H135N11O23S.Y/c1-6-109-75-48-41-63-26-18-20-28-68(63)90(75)98(2,3)80(109)32-13-9-14-33-81-99(4,5)91-69-29-21-19-27-64(69)42-49-76(91)110(81)57-25-11-17-34-82(114)101-55-24-22-30-71(92(100)126)105-85(117)35-15-8-7-12-31-77(111)74(61-134)106-94(128)67(44-52-87(120)121)59-78(112)66(43-51-86(118)119)58-79(113)70(46-53-88(122)123)104-84(116)36-16-10-23-56-102-93(127)65-39-37-62(38-40-65)60-103-83(115)50-45-72(95(129)130)107-97(133)108-73(96(131)132)47-54-89(124)125;/h9,13-14,18-21,26-29,32-33,41-42,48-49,62,65-67,70-74H,6-8,10-12,15-17,22-25,30-31,34-40,43-47,50-61H2,1-5H3,(H16-,100,101,102,103,104,105,106,107,108,114,115,116,117,118,119,120,121,122,123,124,125,126,127,128,129,130,131,132,133,134);. The first-order valence-corrected chi connectivity index (χ1v) is 47.5. The van der Waals surface area contributed by atoms with Crippen molar-refractivity contribution in [3.8, 4) is 0 Å². The number of benzene rings is 4. The Balaban J connectivity index is 0.0000280. The van der Waals surface area contributed by atoms with Crippen LogP contribution in [0.2, 0.25) is 0 Å². The van der Waals surface area contributed by atoms with Crippen molar-refractivity contribution in [2.24, 2.45) is 29.4 Å². The van der Waals surface area contributed by atoms with Crippen LogP contribution >= 0.6 is 0 Å². The van der Waals surface area contributed by atoms with Crippen LogP contribution in [0, 0.1) is 23.7 Å². The van der Waals surface area contributed by atoms with Crippen molar-refractivity contribution in [3.63, 3.8) is 0 Å². The van der Waals surface area contributed by atoms with Gasteiger partial charge in [-0.3, -0.25) is 67.1 Å². The summed E-state index contributed by atoms with van der Waals surface area (Å²) in [6.07, 6.45) is 13.9. The van der Waals surface area contributed by atoms with E-state index in [9.17, 15) is 107 Å². The normalized spacial score (nSPS) is 16.6. The molecule has 7 unspecified atom stereocenters. The van der Waals surface area contributed by atoms with E-state index in [1.807, 2.05) is 5.32 Å². The van der Waals surface area contributed by atoms with Gasteiger partial charge >= 0.3 is 41.8 Å². The summed E-state index contributed by atoms with van der Waals surface area (Å²) in [5.74, 6) is -17.1. The van der Waals surface area contributed by atoms with Crippen LogP contribution in [0.1, 0.15) is 258 Å². The molecule has 0 bridgehead atoms. The molecule has 0 aromatic heterocycles. The number of hydrogen-bond acceptors (Lipinski definition) is 19. The number of nitrogens with one attached hydrogen (secondary N) is 8. The number of ketones is 3. The van der Waals surface area contributed by atoms with Gasteiger partial charge in [0.2, 0.25) is 47.0 Å². The number of urea groups is 1. The zero-order valence-corrected chi connectivity index (χ0v) is 81.8. The first-order valence-electron chi connectivity index (χ1n) is 46.9. The maximum Gasteiger partial charge on any atom is 0.326 e. The summed E-state index contributed by atoms with van der Waals surface area (Å²) in [5, 5.41) is 82.0. The average molecular weight is 1970 g/mol. The van der Waals surface area contributed by atoms with E-state index >= 15 is 0 Å². The summed E-state index contributed by atoms with van der Waals surface area (Å²) >= 11 is 5.24. The molecule has 3 aliphatic rings. The molecule has 4 aromatic rings. The molecule has 7 rings (SSSR count). The van der Waals surface area contributed by atoms with Crippen molar-refractivity contribution in [2.75, 3.05) is 43.4 Å². The van der Waals surface area contributed by atoms with Gasteiger partial charge in [0.05, 0.1) is 17.5 Å². The molecule has 0 spiro atoms. The van der Waals surface area contributed by atoms with Crippen LogP contribution in [0.5, 0.6) is 0 Å². The quantitative estimate of drug-likeness (QED) is 0.00845. The Labute approximate surface area is 818 Å². The number of nitrogens with zero attached hydrogens (tertiary/aromatic N) is 2. The summed E-state index contributed by atoms with van der Waals surface area (Å²) < 4.78 is 2.44. The Bertz CT molecular complexity index is 4980. The second-order valence-electron chi connectivity index (χ2n) is 36.1. The molecule has 1 radical (unpaired) electrons. The van der Waals surface area contributed by atoms with E-state index in [0.29, 0.717) is 96.4 Å². The Morgan fingerprint density at radius 1 is 0.467 bits per heavy atom. The summed E-state index contributed by atoms with van der Waals surface area (Å²) in [7, 11) is 0. The number of unbranched alkanes of at least 4 members (excludes halogenated alkanes) is 8. The summed E-state index contributed by atoms with van der Waals surface area (Å²) in [6, 6.07) is 18.1. The fourth-order valence-corrected chi connectivity index (χ4v) is 18.2. The van der Waals surface area contributed by atoms with Crippen molar-refractivity contribution >= 4 is 152 Å². The van der Waals surface area contributed by atoms with Gasteiger partial charge in [-0.05, 0) is 188 Å². The number of carboxylic acids is 6. The number of carbonyl (C=O) groups excluding carboxylic acids is 11. The van der Waals surface area contributed by atoms with E-state index < -0.39 is 195 Å². The Morgan fingerprint density at radius 3 is 1.56 bits per heavy atom. The van der Waals surface area contributed by atoms with E-state index in [4.69, 9.17) is 23.5 Å². The molecule has 0 saturated heterocycles. The number of nitrogens with two attached hydrogens (primary N) is 1. The first kappa shape index (κ1) is 113. The van der Waals surface area contributed by atoms with E-state index in [1.165, 1.54) is 55.5 Å². The largest absolute Gasteiger partial charge is 0.790 e. The monoisotopic (exact) mass is 1970 g/mol. The van der Waals surface area contributed by atoms with Gasteiger partial charge in [0.1, 0.15) is 30.5 Å². The maximum atomic E-state index is 14.1. The maximum absolute atomic E-state index is 14.1. The minimum absolute atomic E-state index is 0. The molecule has 4 aromatic carbocycles. The van der Waals surface area contributed by atoms with Crippen molar-refractivity contribution in [2.45, 2.75) is 288 Å². The molecule has 1 fully saturated rings. The van der Waals surface area contributed by atoms with E-state index in [-0.39, 0.29) is 131 Å². The zero-order chi connectivity index (χ0) is 98.2. The van der Waals surface area contributed by atoms with Crippen molar-refractivity contribution in [1.29, 1.82) is 0 Å². The number of hydrogen-bond donors (Lipinski definition) is 15. The van der Waals surface area contributed by atoms with Gasteiger partial charge in [0.25, 0.3) is 0 Å². The van der Waals surface area contributed by atoms with E-state index in [2.05, 4.69) is 184 Å². The molecule has 2 aliphatic heterocycles. The second kappa shape index (κ2) is 57.1.